The molecule has 0 bridgehead atoms. The molecule has 1 N–H and O–H groups in total. The number of nitrogens with zero attached hydrogens (tertiary/aromatic N) is 1. The van der Waals surface area contributed by atoms with E-state index in [-0.39, 0.29) is 5.69 Å². The molecule has 0 saturated carbocycles. The van der Waals surface area contributed by atoms with Crippen molar-refractivity contribution in [3.05, 3.63) is 29.8 Å². The molecule has 0 spiro atoms. The maximum atomic E-state index is 13.7. The smallest absolute Gasteiger partial charge is 0.173 e. The van der Waals surface area contributed by atoms with Crippen LogP contribution in [-0.2, 0) is 0 Å². The van der Waals surface area contributed by atoms with Crippen LogP contribution in [0.25, 0.3) is 0 Å². The molecular weight excluding hydrogens is 278 g/mol. The highest BCUT2D eigenvalue weighted by molar-refractivity contribution is 7.80. The minimum absolute atomic E-state index is 0.232. The molecule has 110 valence electrons. The summed E-state index contributed by atoms with van der Waals surface area (Å²) in [6.07, 6.45) is 5.66. The molecule has 5 heteroatoms. The fourth-order valence-electron chi connectivity index (χ4n) is 2.65. The SMILES string of the molecule is CCC1CCCCCN1C(=S)Nc1ccc(F)cc1F. The van der Waals surface area contributed by atoms with Crippen LogP contribution >= 0.6 is 12.2 Å². The topological polar surface area (TPSA) is 15.3 Å². The Balaban J connectivity index is 2.09. The molecule has 1 atom stereocenters. The van der Waals surface area contributed by atoms with Crippen LogP contribution in [0.4, 0.5) is 14.5 Å². The highest BCUT2D eigenvalue weighted by Gasteiger charge is 2.22. The Morgan fingerprint density at radius 3 is 2.85 bits per heavy atom. The first-order valence-electron chi connectivity index (χ1n) is 7.14. The van der Waals surface area contributed by atoms with Crippen LogP contribution in [-0.4, -0.2) is 22.6 Å². The standard InChI is InChI=1S/C15H20F2N2S/c1-2-12-6-4-3-5-9-19(12)15(20)18-14-8-7-11(16)10-13(14)17/h7-8,10,12H,2-6,9H2,1H3,(H,18,20). The summed E-state index contributed by atoms with van der Waals surface area (Å²) in [5.41, 5.74) is 0.232. The molecule has 1 aliphatic heterocycles. The molecule has 0 amide bonds. The lowest BCUT2D eigenvalue weighted by atomic mass is 10.1. The van der Waals surface area contributed by atoms with E-state index in [0.717, 1.165) is 31.9 Å². The second-order valence-electron chi connectivity index (χ2n) is 5.16. The summed E-state index contributed by atoms with van der Waals surface area (Å²) in [5, 5.41) is 3.45. The fourth-order valence-corrected chi connectivity index (χ4v) is 3.00. The van der Waals surface area contributed by atoms with Crippen LogP contribution < -0.4 is 5.32 Å². The van der Waals surface area contributed by atoms with Crippen molar-refractivity contribution in [1.29, 1.82) is 0 Å². The van der Waals surface area contributed by atoms with Crippen molar-refractivity contribution in [1.82, 2.24) is 4.90 Å². The number of hydrogen-bond donors (Lipinski definition) is 1. The van der Waals surface area contributed by atoms with Crippen LogP contribution in [0.2, 0.25) is 0 Å². The first-order valence-corrected chi connectivity index (χ1v) is 7.55. The van der Waals surface area contributed by atoms with Crippen molar-refractivity contribution < 1.29 is 8.78 Å². The number of likely N-dealkylation sites (tertiary alicyclic amines) is 1. The summed E-state index contributed by atoms with van der Waals surface area (Å²) in [6.45, 7) is 3.04. The van der Waals surface area contributed by atoms with Gasteiger partial charge in [-0.05, 0) is 43.6 Å². The zero-order valence-electron chi connectivity index (χ0n) is 11.7. The van der Waals surface area contributed by atoms with Gasteiger partial charge in [-0.1, -0.05) is 19.8 Å². The monoisotopic (exact) mass is 298 g/mol. The maximum absolute atomic E-state index is 13.7. The van der Waals surface area contributed by atoms with Crippen LogP contribution in [0.1, 0.15) is 39.0 Å². The summed E-state index contributed by atoms with van der Waals surface area (Å²) < 4.78 is 26.6. The van der Waals surface area contributed by atoms with E-state index in [1.54, 1.807) is 0 Å². The third kappa shape index (κ3) is 3.66. The molecule has 20 heavy (non-hydrogen) atoms. The van der Waals surface area contributed by atoms with E-state index in [9.17, 15) is 8.78 Å². The lowest BCUT2D eigenvalue weighted by Gasteiger charge is -2.32. The third-order valence-corrected chi connectivity index (χ3v) is 4.12. The second kappa shape index (κ2) is 6.97. The van der Waals surface area contributed by atoms with Crippen molar-refractivity contribution in [2.24, 2.45) is 0 Å². The Hall–Kier alpha value is -1.23. The van der Waals surface area contributed by atoms with E-state index >= 15 is 0 Å². The summed E-state index contributed by atoms with van der Waals surface area (Å²) in [4.78, 5) is 2.14. The van der Waals surface area contributed by atoms with Gasteiger partial charge in [0.05, 0.1) is 5.69 Å². The van der Waals surface area contributed by atoms with Gasteiger partial charge in [-0.3, -0.25) is 0 Å². The van der Waals surface area contributed by atoms with E-state index in [4.69, 9.17) is 12.2 Å². The maximum Gasteiger partial charge on any atom is 0.173 e. The molecular formula is C15H20F2N2S. The number of benzene rings is 1. The summed E-state index contributed by atoms with van der Waals surface area (Å²) in [6, 6.07) is 3.88. The molecule has 1 unspecified atom stereocenters. The van der Waals surface area contributed by atoms with Crippen LogP contribution in [0, 0.1) is 11.6 Å². The van der Waals surface area contributed by atoms with E-state index in [1.807, 2.05) is 0 Å². The molecule has 0 aromatic heterocycles. The molecule has 1 heterocycles. The molecule has 1 aromatic rings. The van der Waals surface area contributed by atoms with Gasteiger partial charge >= 0.3 is 0 Å². The molecule has 1 fully saturated rings. The van der Waals surface area contributed by atoms with Crippen molar-refractivity contribution >= 4 is 23.0 Å². The zero-order valence-corrected chi connectivity index (χ0v) is 12.5. The zero-order chi connectivity index (χ0) is 14.5. The number of nitrogens with one attached hydrogen (secondary N) is 1. The Kier molecular flexibility index (Phi) is 5.29. The predicted octanol–water partition coefficient (Wildman–Crippen LogP) is 4.32. The summed E-state index contributed by atoms with van der Waals surface area (Å²) in [7, 11) is 0. The third-order valence-electron chi connectivity index (χ3n) is 3.78. The number of rotatable bonds is 2. The van der Waals surface area contributed by atoms with E-state index in [0.29, 0.717) is 11.2 Å². The fraction of sp³-hybridized carbons (Fsp3) is 0.533. The van der Waals surface area contributed by atoms with Gasteiger partial charge in [-0.2, -0.15) is 0 Å². The van der Waals surface area contributed by atoms with Crippen molar-refractivity contribution in [2.75, 3.05) is 11.9 Å². The van der Waals surface area contributed by atoms with Gasteiger partial charge in [0.25, 0.3) is 0 Å². The van der Waals surface area contributed by atoms with Crippen molar-refractivity contribution in [3.63, 3.8) is 0 Å². The molecule has 2 nitrogen and oxygen atoms in total. The average molecular weight is 298 g/mol. The van der Waals surface area contributed by atoms with Gasteiger partial charge in [-0.15, -0.1) is 0 Å². The van der Waals surface area contributed by atoms with E-state index < -0.39 is 11.6 Å². The molecule has 1 saturated heterocycles. The first kappa shape index (κ1) is 15.2. The van der Waals surface area contributed by atoms with Crippen LogP contribution in [0.5, 0.6) is 0 Å². The van der Waals surface area contributed by atoms with Gasteiger partial charge in [0.1, 0.15) is 11.6 Å². The molecule has 2 rings (SSSR count). The van der Waals surface area contributed by atoms with Crippen LogP contribution in [0.3, 0.4) is 0 Å². The molecule has 1 aromatic carbocycles. The van der Waals surface area contributed by atoms with Gasteiger partial charge in [-0.25, -0.2) is 8.78 Å². The van der Waals surface area contributed by atoms with Gasteiger partial charge in [0, 0.05) is 18.7 Å². The lowest BCUT2D eigenvalue weighted by molar-refractivity contribution is 0.311. The second-order valence-corrected chi connectivity index (χ2v) is 5.55. The molecule has 1 aliphatic rings. The Labute approximate surface area is 124 Å². The quantitative estimate of drug-likeness (QED) is 0.819. The highest BCUT2D eigenvalue weighted by Crippen LogP contribution is 2.21. The number of anilines is 1. The highest BCUT2D eigenvalue weighted by atomic mass is 32.1. The van der Waals surface area contributed by atoms with Gasteiger partial charge in [0.15, 0.2) is 5.11 Å². The van der Waals surface area contributed by atoms with E-state index in [1.165, 1.54) is 25.0 Å². The van der Waals surface area contributed by atoms with E-state index in [2.05, 4.69) is 17.1 Å². The van der Waals surface area contributed by atoms with Crippen molar-refractivity contribution in [3.8, 4) is 0 Å². The average Bonchev–Trinajstić information content (AvgIpc) is 2.67. The normalized spacial score (nSPS) is 19.6. The Bertz CT molecular complexity index is 479. The van der Waals surface area contributed by atoms with Gasteiger partial charge < -0.3 is 10.2 Å². The Morgan fingerprint density at radius 1 is 1.35 bits per heavy atom. The molecule has 0 radical (unpaired) electrons. The largest absolute Gasteiger partial charge is 0.346 e. The number of thiocarbonyl (C=S) groups is 1. The van der Waals surface area contributed by atoms with Gasteiger partial charge in [0.2, 0.25) is 0 Å². The minimum Gasteiger partial charge on any atom is -0.346 e. The number of halogens is 2. The lowest BCUT2D eigenvalue weighted by Crippen LogP contribution is -2.42. The Morgan fingerprint density at radius 2 is 2.15 bits per heavy atom. The van der Waals surface area contributed by atoms with Crippen LogP contribution in [0.15, 0.2) is 18.2 Å². The minimum atomic E-state index is -0.616. The summed E-state index contributed by atoms with van der Waals surface area (Å²) >= 11 is 5.41. The summed E-state index contributed by atoms with van der Waals surface area (Å²) in [5.74, 6) is -1.20. The number of hydrogen-bond acceptors (Lipinski definition) is 1. The molecule has 0 aliphatic carbocycles. The predicted molar refractivity (Wildman–Crippen MR) is 81.8 cm³/mol. The first-order chi connectivity index (χ1) is 9.61. The van der Waals surface area contributed by atoms with Crippen molar-refractivity contribution in [2.45, 2.75) is 45.1 Å².